The van der Waals surface area contributed by atoms with Gasteiger partial charge in [0.05, 0.1) is 0 Å². The third kappa shape index (κ3) is 1.66. The van der Waals surface area contributed by atoms with E-state index in [0.717, 1.165) is 6.29 Å². The maximum Gasteiger partial charge on any atom is 0.238 e. The first-order chi connectivity index (χ1) is 6.74. The lowest BCUT2D eigenvalue weighted by molar-refractivity contribution is -0.137. The Morgan fingerprint density at radius 3 is 2.79 bits per heavy atom. The SMILES string of the molecule is CN1C(C2CC2)CC(=O)N1CCC=O. The van der Waals surface area contributed by atoms with Crippen molar-refractivity contribution in [2.45, 2.75) is 31.7 Å². The van der Waals surface area contributed by atoms with E-state index in [1.54, 1.807) is 5.01 Å². The maximum absolute atomic E-state index is 11.6. The molecule has 0 aromatic carbocycles. The summed E-state index contributed by atoms with van der Waals surface area (Å²) in [6, 6.07) is 0.397. The van der Waals surface area contributed by atoms with Crippen LogP contribution in [0.25, 0.3) is 0 Å². The summed E-state index contributed by atoms with van der Waals surface area (Å²) in [5.41, 5.74) is 0. The van der Waals surface area contributed by atoms with Gasteiger partial charge in [-0.15, -0.1) is 0 Å². The van der Waals surface area contributed by atoms with E-state index < -0.39 is 0 Å². The molecule has 2 fully saturated rings. The topological polar surface area (TPSA) is 40.6 Å². The van der Waals surface area contributed by atoms with Crippen LogP contribution in [-0.4, -0.2) is 41.8 Å². The molecular weight excluding hydrogens is 180 g/mol. The molecule has 1 amide bonds. The molecule has 0 aromatic heterocycles. The molecule has 1 aliphatic carbocycles. The molecule has 2 aliphatic rings. The Hall–Kier alpha value is -0.900. The molecule has 4 heteroatoms. The maximum atomic E-state index is 11.6. The average Bonchev–Trinajstić information content (AvgIpc) is 2.94. The van der Waals surface area contributed by atoms with Crippen LogP contribution in [0.1, 0.15) is 25.7 Å². The Bertz CT molecular complexity index is 251. The summed E-state index contributed by atoms with van der Waals surface area (Å²) >= 11 is 0. The molecule has 78 valence electrons. The molecule has 0 N–H and O–H groups in total. The Balaban J connectivity index is 1.95. The quantitative estimate of drug-likeness (QED) is 0.612. The van der Waals surface area contributed by atoms with Crippen molar-refractivity contribution in [3.8, 4) is 0 Å². The van der Waals surface area contributed by atoms with Gasteiger partial charge >= 0.3 is 0 Å². The Labute approximate surface area is 83.8 Å². The summed E-state index contributed by atoms with van der Waals surface area (Å²) in [4.78, 5) is 21.8. The highest BCUT2D eigenvalue weighted by atomic mass is 16.2. The zero-order chi connectivity index (χ0) is 10.1. The summed E-state index contributed by atoms with van der Waals surface area (Å²) < 4.78 is 0. The Kier molecular flexibility index (Phi) is 2.54. The van der Waals surface area contributed by atoms with Gasteiger partial charge in [-0.1, -0.05) is 0 Å². The number of hydrogen-bond donors (Lipinski definition) is 0. The van der Waals surface area contributed by atoms with E-state index in [2.05, 4.69) is 0 Å². The third-order valence-corrected chi connectivity index (χ3v) is 3.16. The number of hydrogen-bond acceptors (Lipinski definition) is 3. The van der Waals surface area contributed by atoms with Gasteiger partial charge in [0.1, 0.15) is 6.29 Å². The standard InChI is InChI=1S/C10H16N2O2/c1-11-9(8-3-4-8)7-10(14)12(11)5-2-6-13/h6,8-9H,2-5,7H2,1H3. The van der Waals surface area contributed by atoms with Gasteiger partial charge in [-0.3, -0.25) is 9.80 Å². The first-order valence-corrected chi connectivity index (χ1v) is 5.20. The van der Waals surface area contributed by atoms with Crippen molar-refractivity contribution in [3.05, 3.63) is 0 Å². The van der Waals surface area contributed by atoms with Crippen molar-refractivity contribution < 1.29 is 9.59 Å². The zero-order valence-corrected chi connectivity index (χ0v) is 8.48. The van der Waals surface area contributed by atoms with E-state index in [1.165, 1.54) is 12.8 Å². The van der Waals surface area contributed by atoms with E-state index in [9.17, 15) is 9.59 Å². The molecule has 1 unspecified atom stereocenters. The van der Waals surface area contributed by atoms with Gasteiger partial charge in [-0.2, -0.15) is 0 Å². The van der Waals surface area contributed by atoms with E-state index in [1.807, 2.05) is 12.1 Å². The highest BCUT2D eigenvalue weighted by Crippen LogP contribution is 2.39. The second-order valence-electron chi connectivity index (χ2n) is 4.15. The molecule has 14 heavy (non-hydrogen) atoms. The molecule has 1 atom stereocenters. The first-order valence-electron chi connectivity index (χ1n) is 5.20. The second-order valence-corrected chi connectivity index (χ2v) is 4.15. The largest absolute Gasteiger partial charge is 0.303 e. The monoisotopic (exact) mass is 196 g/mol. The van der Waals surface area contributed by atoms with E-state index in [0.29, 0.717) is 31.3 Å². The minimum Gasteiger partial charge on any atom is -0.303 e. The third-order valence-electron chi connectivity index (χ3n) is 3.16. The summed E-state index contributed by atoms with van der Waals surface area (Å²) in [5.74, 6) is 0.886. The Morgan fingerprint density at radius 1 is 1.50 bits per heavy atom. The van der Waals surface area contributed by atoms with Crippen LogP contribution >= 0.6 is 0 Å². The molecule has 2 rings (SSSR count). The normalized spacial score (nSPS) is 28.5. The van der Waals surface area contributed by atoms with E-state index in [-0.39, 0.29) is 5.91 Å². The molecule has 0 radical (unpaired) electrons. The summed E-state index contributed by atoms with van der Waals surface area (Å²) in [7, 11) is 1.96. The fourth-order valence-corrected chi connectivity index (χ4v) is 2.18. The van der Waals surface area contributed by atoms with Gasteiger partial charge < -0.3 is 4.79 Å². The number of carbonyl (C=O) groups is 2. The van der Waals surface area contributed by atoms with Gasteiger partial charge in [0, 0.05) is 32.5 Å². The van der Waals surface area contributed by atoms with Crippen LogP contribution in [0.4, 0.5) is 0 Å². The lowest BCUT2D eigenvalue weighted by Gasteiger charge is -2.27. The van der Waals surface area contributed by atoms with Crippen LogP contribution in [0.3, 0.4) is 0 Å². The van der Waals surface area contributed by atoms with Gasteiger partial charge in [-0.25, -0.2) is 5.01 Å². The highest BCUT2D eigenvalue weighted by Gasteiger charge is 2.43. The molecule has 0 aromatic rings. The molecule has 1 saturated carbocycles. The van der Waals surface area contributed by atoms with E-state index >= 15 is 0 Å². The molecule has 1 heterocycles. The van der Waals surface area contributed by atoms with E-state index in [4.69, 9.17) is 0 Å². The van der Waals surface area contributed by atoms with Crippen LogP contribution < -0.4 is 0 Å². The van der Waals surface area contributed by atoms with Gasteiger partial charge in [0.15, 0.2) is 0 Å². The molecule has 0 spiro atoms. The average molecular weight is 196 g/mol. The number of hydrazine groups is 1. The van der Waals surface area contributed by atoms with Crippen LogP contribution in [0.5, 0.6) is 0 Å². The zero-order valence-electron chi connectivity index (χ0n) is 8.48. The predicted octanol–water partition coefficient (Wildman–Crippen LogP) is 0.433. The summed E-state index contributed by atoms with van der Waals surface area (Å²) in [6.45, 7) is 0.544. The lowest BCUT2D eigenvalue weighted by atomic mass is 10.1. The summed E-state index contributed by atoms with van der Waals surface area (Å²) in [5, 5.41) is 3.75. The molecule has 1 aliphatic heterocycles. The van der Waals surface area contributed by atoms with Gasteiger partial charge in [0.25, 0.3) is 0 Å². The van der Waals surface area contributed by atoms with Crippen LogP contribution in [0.15, 0.2) is 0 Å². The van der Waals surface area contributed by atoms with Crippen molar-refractivity contribution in [1.29, 1.82) is 0 Å². The molecule has 0 bridgehead atoms. The number of aldehydes is 1. The smallest absolute Gasteiger partial charge is 0.238 e. The van der Waals surface area contributed by atoms with Crippen LogP contribution in [0.2, 0.25) is 0 Å². The molecule has 1 saturated heterocycles. The number of amides is 1. The number of nitrogens with zero attached hydrogens (tertiary/aromatic N) is 2. The summed E-state index contributed by atoms with van der Waals surface area (Å²) in [6.07, 6.45) is 4.45. The fourth-order valence-electron chi connectivity index (χ4n) is 2.18. The van der Waals surface area contributed by atoms with Crippen molar-refractivity contribution >= 4 is 12.2 Å². The van der Waals surface area contributed by atoms with Crippen molar-refractivity contribution in [3.63, 3.8) is 0 Å². The lowest BCUT2D eigenvalue weighted by Crippen LogP contribution is -2.40. The predicted molar refractivity (Wildman–Crippen MR) is 51.3 cm³/mol. The second kappa shape index (κ2) is 3.69. The van der Waals surface area contributed by atoms with Crippen molar-refractivity contribution in [2.75, 3.05) is 13.6 Å². The highest BCUT2D eigenvalue weighted by molar-refractivity contribution is 5.78. The molecule has 4 nitrogen and oxygen atoms in total. The van der Waals surface area contributed by atoms with Crippen molar-refractivity contribution in [2.24, 2.45) is 5.92 Å². The van der Waals surface area contributed by atoms with Crippen LogP contribution in [0, 0.1) is 5.92 Å². The number of carbonyl (C=O) groups excluding carboxylic acids is 2. The van der Waals surface area contributed by atoms with Crippen LogP contribution in [-0.2, 0) is 9.59 Å². The number of rotatable bonds is 4. The molecular formula is C10H16N2O2. The van der Waals surface area contributed by atoms with Crippen molar-refractivity contribution in [1.82, 2.24) is 10.0 Å². The minimum atomic E-state index is 0.172. The Morgan fingerprint density at radius 2 is 2.21 bits per heavy atom. The fraction of sp³-hybridized carbons (Fsp3) is 0.800. The van der Waals surface area contributed by atoms with Gasteiger partial charge in [-0.05, 0) is 18.8 Å². The van der Waals surface area contributed by atoms with Gasteiger partial charge in [0.2, 0.25) is 5.91 Å². The minimum absolute atomic E-state index is 0.172. The first kappa shape index (κ1) is 9.65.